The van der Waals surface area contributed by atoms with E-state index < -0.39 is 0 Å². The van der Waals surface area contributed by atoms with Crippen LogP contribution in [0.2, 0.25) is 0 Å². The molecule has 1 N–H and O–H groups in total. The topological polar surface area (TPSA) is 35.8 Å². The van der Waals surface area contributed by atoms with Crippen LogP contribution in [0.25, 0.3) is 0 Å². The largest absolute Gasteiger partial charge is 0.313 e. The molecule has 108 valence electrons. The van der Waals surface area contributed by atoms with Gasteiger partial charge >= 0.3 is 0 Å². The molecular weight excluding hydrogens is 283 g/mol. The second kappa shape index (κ2) is 7.82. The van der Waals surface area contributed by atoms with E-state index in [9.17, 15) is 9.65 Å². The van der Waals surface area contributed by atoms with Crippen LogP contribution in [-0.4, -0.2) is 6.54 Å². The van der Waals surface area contributed by atoms with Gasteiger partial charge in [0.15, 0.2) is 0 Å². The Morgan fingerprint density at radius 2 is 1.95 bits per heavy atom. The Labute approximate surface area is 129 Å². The van der Waals surface area contributed by atoms with Crippen LogP contribution in [-0.2, 0) is 6.54 Å². The summed E-state index contributed by atoms with van der Waals surface area (Å²) in [5.74, 6) is -0.253. The van der Waals surface area contributed by atoms with E-state index in [2.05, 4.69) is 18.3 Å². The lowest BCUT2D eigenvalue weighted by atomic mass is 10.1. The first-order chi connectivity index (χ1) is 10.2. The van der Waals surface area contributed by atoms with Crippen molar-refractivity contribution in [3.05, 3.63) is 59.4 Å². The molecule has 21 heavy (non-hydrogen) atoms. The molecule has 0 saturated heterocycles. The Kier molecular flexibility index (Phi) is 5.79. The lowest BCUT2D eigenvalue weighted by Gasteiger charge is -2.08. The maximum Gasteiger partial charge on any atom is 0.123 e. The maximum absolute atomic E-state index is 12.9. The van der Waals surface area contributed by atoms with Crippen LogP contribution in [0, 0.1) is 17.1 Å². The molecular formula is C17H17FN2S. The molecule has 2 nitrogen and oxygen atoms in total. The number of rotatable bonds is 6. The fraction of sp³-hybridized carbons (Fsp3) is 0.235. The molecule has 0 unspecified atom stereocenters. The Balaban J connectivity index is 2.12. The summed E-state index contributed by atoms with van der Waals surface area (Å²) in [6.07, 6.45) is 1.09. The van der Waals surface area contributed by atoms with Crippen molar-refractivity contribution < 1.29 is 4.39 Å². The normalized spacial score (nSPS) is 10.3. The van der Waals surface area contributed by atoms with Crippen molar-refractivity contribution >= 4 is 11.8 Å². The molecule has 0 amide bonds. The Hall–Kier alpha value is -1.83. The number of benzene rings is 2. The lowest BCUT2D eigenvalue weighted by Crippen LogP contribution is -2.13. The van der Waals surface area contributed by atoms with Crippen molar-refractivity contribution in [2.24, 2.45) is 0 Å². The quantitative estimate of drug-likeness (QED) is 0.806. The van der Waals surface area contributed by atoms with Gasteiger partial charge in [-0.05, 0) is 54.9 Å². The average molecular weight is 300 g/mol. The van der Waals surface area contributed by atoms with Crippen LogP contribution >= 0.6 is 11.8 Å². The van der Waals surface area contributed by atoms with E-state index >= 15 is 0 Å². The van der Waals surface area contributed by atoms with Gasteiger partial charge in [-0.3, -0.25) is 0 Å². The highest BCUT2D eigenvalue weighted by molar-refractivity contribution is 7.99. The van der Waals surface area contributed by atoms with Gasteiger partial charge in [-0.1, -0.05) is 24.8 Å². The van der Waals surface area contributed by atoms with Crippen molar-refractivity contribution in [2.45, 2.75) is 29.7 Å². The monoisotopic (exact) mass is 300 g/mol. The van der Waals surface area contributed by atoms with Gasteiger partial charge in [0.2, 0.25) is 0 Å². The van der Waals surface area contributed by atoms with Crippen LogP contribution < -0.4 is 5.32 Å². The summed E-state index contributed by atoms with van der Waals surface area (Å²) in [4.78, 5) is 1.81. The maximum atomic E-state index is 12.9. The summed E-state index contributed by atoms with van der Waals surface area (Å²) in [5.41, 5.74) is 1.75. The molecule has 4 heteroatoms. The molecule has 0 fully saturated rings. The van der Waals surface area contributed by atoms with E-state index in [1.807, 2.05) is 18.2 Å². The van der Waals surface area contributed by atoms with Gasteiger partial charge in [0.05, 0.1) is 5.56 Å². The molecule has 2 aromatic carbocycles. The van der Waals surface area contributed by atoms with Gasteiger partial charge in [-0.2, -0.15) is 5.26 Å². The van der Waals surface area contributed by atoms with Crippen molar-refractivity contribution in [1.29, 1.82) is 5.26 Å². The van der Waals surface area contributed by atoms with E-state index in [-0.39, 0.29) is 5.82 Å². The van der Waals surface area contributed by atoms with Crippen molar-refractivity contribution in [3.63, 3.8) is 0 Å². The molecule has 0 bridgehead atoms. The molecule has 0 atom stereocenters. The molecule has 0 heterocycles. The van der Waals surface area contributed by atoms with Crippen molar-refractivity contribution in [2.75, 3.05) is 6.54 Å². The Bertz CT molecular complexity index is 632. The molecule has 0 saturated carbocycles. The standard InChI is InChI=1S/C17H17FN2S/c1-2-9-20-12-13-3-8-17(14(10-13)11-19)21-16-6-4-15(18)5-7-16/h3-8,10,20H,2,9,12H2,1H3. The summed E-state index contributed by atoms with van der Waals surface area (Å²) in [6.45, 7) is 3.86. The summed E-state index contributed by atoms with van der Waals surface area (Å²) >= 11 is 1.47. The highest BCUT2D eigenvalue weighted by Gasteiger charge is 2.06. The second-order valence-electron chi connectivity index (χ2n) is 4.68. The van der Waals surface area contributed by atoms with E-state index in [1.54, 1.807) is 12.1 Å². The van der Waals surface area contributed by atoms with E-state index in [1.165, 1.54) is 23.9 Å². The van der Waals surface area contributed by atoms with Gasteiger partial charge in [0, 0.05) is 16.3 Å². The van der Waals surface area contributed by atoms with E-state index in [4.69, 9.17) is 0 Å². The first-order valence-electron chi connectivity index (χ1n) is 6.90. The third kappa shape index (κ3) is 4.59. The Morgan fingerprint density at radius 3 is 2.62 bits per heavy atom. The van der Waals surface area contributed by atoms with Crippen LogP contribution in [0.5, 0.6) is 0 Å². The first kappa shape index (κ1) is 15.6. The minimum Gasteiger partial charge on any atom is -0.313 e. The van der Waals surface area contributed by atoms with Crippen molar-refractivity contribution in [3.8, 4) is 6.07 Å². The van der Waals surface area contributed by atoms with E-state index in [0.29, 0.717) is 5.56 Å². The summed E-state index contributed by atoms with van der Waals surface area (Å²) in [6, 6.07) is 14.4. The first-order valence-corrected chi connectivity index (χ1v) is 7.71. The zero-order valence-electron chi connectivity index (χ0n) is 11.9. The Morgan fingerprint density at radius 1 is 1.19 bits per heavy atom. The third-order valence-electron chi connectivity index (χ3n) is 2.96. The number of hydrogen-bond donors (Lipinski definition) is 1. The molecule has 0 radical (unpaired) electrons. The number of hydrogen-bond acceptors (Lipinski definition) is 3. The smallest absolute Gasteiger partial charge is 0.123 e. The predicted molar refractivity (Wildman–Crippen MR) is 83.7 cm³/mol. The molecule has 2 rings (SSSR count). The molecule has 0 aliphatic rings. The minimum atomic E-state index is -0.253. The molecule has 0 spiro atoms. The van der Waals surface area contributed by atoms with Gasteiger partial charge < -0.3 is 5.32 Å². The minimum absolute atomic E-state index is 0.253. The van der Waals surface area contributed by atoms with Gasteiger partial charge in [0.1, 0.15) is 11.9 Å². The number of halogens is 1. The third-order valence-corrected chi connectivity index (χ3v) is 4.05. The molecule has 0 aliphatic heterocycles. The van der Waals surface area contributed by atoms with Gasteiger partial charge in [0.25, 0.3) is 0 Å². The van der Waals surface area contributed by atoms with Crippen molar-refractivity contribution in [1.82, 2.24) is 5.32 Å². The predicted octanol–water partition coefficient (Wildman–Crippen LogP) is 4.35. The number of nitrogens with one attached hydrogen (secondary N) is 1. The number of nitrogens with zero attached hydrogens (tertiary/aromatic N) is 1. The summed E-state index contributed by atoms with van der Waals surface area (Å²) in [5, 5.41) is 12.6. The van der Waals surface area contributed by atoms with Gasteiger partial charge in [-0.15, -0.1) is 0 Å². The summed E-state index contributed by atoms with van der Waals surface area (Å²) < 4.78 is 12.9. The highest BCUT2D eigenvalue weighted by atomic mass is 32.2. The lowest BCUT2D eigenvalue weighted by molar-refractivity contribution is 0.626. The SMILES string of the molecule is CCCNCc1ccc(Sc2ccc(F)cc2)c(C#N)c1. The fourth-order valence-corrected chi connectivity index (χ4v) is 2.78. The van der Waals surface area contributed by atoms with E-state index in [0.717, 1.165) is 34.9 Å². The molecule has 0 aliphatic carbocycles. The highest BCUT2D eigenvalue weighted by Crippen LogP contribution is 2.30. The van der Waals surface area contributed by atoms with Gasteiger partial charge in [-0.25, -0.2) is 4.39 Å². The molecule has 2 aromatic rings. The number of nitriles is 1. The average Bonchev–Trinajstić information content (AvgIpc) is 2.51. The van der Waals surface area contributed by atoms with Crippen LogP contribution in [0.1, 0.15) is 24.5 Å². The van der Waals surface area contributed by atoms with Crippen LogP contribution in [0.4, 0.5) is 4.39 Å². The molecule has 0 aromatic heterocycles. The van der Waals surface area contributed by atoms with Crippen LogP contribution in [0.3, 0.4) is 0 Å². The summed E-state index contributed by atoms with van der Waals surface area (Å²) in [7, 11) is 0. The van der Waals surface area contributed by atoms with Crippen LogP contribution in [0.15, 0.2) is 52.3 Å². The fourth-order valence-electron chi connectivity index (χ4n) is 1.90. The zero-order valence-corrected chi connectivity index (χ0v) is 12.7. The zero-order chi connectivity index (χ0) is 15.1. The second-order valence-corrected chi connectivity index (χ2v) is 5.79.